The third-order valence-electron chi connectivity index (χ3n) is 1.26. The molecule has 1 heterocycles. The Balaban J connectivity index is 2.41. The predicted molar refractivity (Wildman–Crippen MR) is 52.1 cm³/mol. The van der Waals surface area contributed by atoms with Crippen LogP contribution in [0, 0.1) is 0 Å². The van der Waals surface area contributed by atoms with E-state index in [1.807, 2.05) is 6.92 Å². The minimum absolute atomic E-state index is 0.261. The van der Waals surface area contributed by atoms with Crippen LogP contribution >= 0.6 is 22.9 Å². The average molecular weight is 207 g/mol. The summed E-state index contributed by atoms with van der Waals surface area (Å²) in [6.07, 6.45) is 0. The largest absolute Gasteiger partial charge is 0.383 e. The van der Waals surface area contributed by atoms with Crippen LogP contribution in [0.1, 0.15) is 6.92 Å². The van der Waals surface area contributed by atoms with Gasteiger partial charge in [-0.1, -0.05) is 11.6 Å². The second-order valence-corrected chi connectivity index (χ2v) is 3.72. The molecule has 1 rings (SSSR count). The molecule has 0 saturated heterocycles. The summed E-state index contributed by atoms with van der Waals surface area (Å²) in [7, 11) is 1.67. The maximum atomic E-state index is 5.65. The number of ether oxygens (including phenoxy) is 1. The number of anilines is 1. The molecule has 68 valence electrons. The monoisotopic (exact) mass is 206 g/mol. The zero-order valence-electron chi connectivity index (χ0n) is 7.00. The van der Waals surface area contributed by atoms with Crippen molar-refractivity contribution in [2.45, 2.75) is 13.0 Å². The Morgan fingerprint density at radius 2 is 2.58 bits per heavy atom. The molecule has 0 spiro atoms. The summed E-state index contributed by atoms with van der Waals surface area (Å²) in [5.41, 5.74) is 0. The van der Waals surface area contributed by atoms with Gasteiger partial charge in [-0.3, -0.25) is 0 Å². The van der Waals surface area contributed by atoms with Crippen molar-refractivity contribution in [3.8, 4) is 0 Å². The zero-order chi connectivity index (χ0) is 8.97. The molecule has 5 heteroatoms. The lowest BCUT2D eigenvalue weighted by Gasteiger charge is -2.10. The van der Waals surface area contributed by atoms with Gasteiger partial charge in [-0.05, 0) is 6.92 Å². The molecule has 0 aliphatic rings. The minimum Gasteiger partial charge on any atom is -0.383 e. The highest BCUT2D eigenvalue weighted by Gasteiger charge is 2.03. The van der Waals surface area contributed by atoms with Gasteiger partial charge in [0, 0.05) is 18.5 Å². The number of aromatic nitrogens is 1. The Labute approximate surface area is 80.7 Å². The summed E-state index contributed by atoms with van der Waals surface area (Å²) >= 11 is 7.14. The molecule has 1 atom stereocenters. The molecule has 1 unspecified atom stereocenters. The van der Waals surface area contributed by atoms with Crippen molar-refractivity contribution in [1.29, 1.82) is 0 Å². The van der Waals surface area contributed by atoms with Gasteiger partial charge in [0.15, 0.2) is 5.13 Å². The van der Waals surface area contributed by atoms with Crippen molar-refractivity contribution in [2.75, 3.05) is 19.0 Å². The molecule has 0 fully saturated rings. The molecule has 1 aromatic heterocycles. The quantitative estimate of drug-likeness (QED) is 0.821. The fourth-order valence-corrected chi connectivity index (χ4v) is 1.77. The van der Waals surface area contributed by atoms with E-state index in [0.717, 1.165) is 5.13 Å². The topological polar surface area (TPSA) is 34.1 Å². The van der Waals surface area contributed by atoms with Crippen LogP contribution in [-0.2, 0) is 4.74 Å². The molecular formula is C7H11ClN2OS. The molecule has 1 aromatic rings. The third kappa shape index (κ3) is 2.97. The van der Waals surface area contributed by atoms with Crippen LogP contribution in [0.5, 0.6) is 0 Å². The smallest absolute Gasteiger partial charge is 0.184 e. The Morgan fingerprint density at radius 3 is 3.08 bits per heavy atom. The standard InChI is InChI=1S/C7H11ClN2OS/c1-5(3-11-2)9-7-10-6(8)4-12-7/h4-5H,3H2,1-2H3,(H,9,10). The summed E-state index contributed by atoms with van der Waals surface area (Å²) in [5.74, 6) is 0. The van der Waals surface area contributed by atoms with Crippen molar-refractivity contribution >= 4 is 28.1 Å². The van der Waals surface area contributed by atoms with Gasteiger partial charge in [0.25, 0.3) is 0 Å². The van der Waals surface area contributed by atoms with Crippen LogP contribution in [0.15, 0.2) is 5.38 Å². The van der Waals surface area contributed by atoms with E-state index in [2.05, 4.69) is 10.3 Å². The maximum absolute atomic E-state index is 5.65. The SMILES string of the molecule is COCC(C)Nc1nc(Cl)cs1. The molecule has 0 aliphatic carbocycles. The number of halogens is 1. The Hall–Kier alpha value is -0.320. The van der Waals surface area contributed by atoms with E-state index in [1.165, 1.54) is 11.3 Å². The number of rotatable bonds is 4. The number of thiazole rings is 1. The van der Waals surface area contributed by atoms with Crippen LogP contribution in [-0.4, -0.2) is 24.7 Å². The second kappa shape index (κ2) is 4.64. The number of nitrogens with zero attached hydrogens (tertiary/aromatic N) is 1. The summed E-state index contributed by atoms with van der Waals surface area (Å²) in [6, 6.07) is 0.261. The van der Waals surface area contributed by atoms with Gasteiger partial charge in [-0.25, -0.2) is 4.98 Å². The van der Waals surface area contributed by atoms with E-state index in [9.17, 15) is 0 Å². The van der Waals surface area contributed by atoms with E-state index in [1.54, 1.807) is 12.5 Å². The third-order valence-corrected chi connectivity index (χ3v) is 2.36. The van der Waals surface area contributed by atoms with Crippen molar-refractivity contribution < 1.29 is 4.74 Å². The molecule has 0 aromatic carbocycles. The fraction of sp³-hybridized carbons (Fsp3) is 0.571. The Morgan fingerprint density at radius 1 is 1.83 bits per heavy atom. The summed E-state index contributed by atoms with van der Waals surface area (Å²) < 4.78 is 4.96. The van der Waals surface area contributed by atoms with Crippen molar-refractivity contribution in [1.82, 2.24) is 4.98 Å². The highest BCUT2D eigenvalue weighted by atomic mass is 35.5. The first-order valence-electron chi connectivity index (χ1n) is 3.59. The van der Waals surface area contributed by atoms with Crippen LogP contribution in [0.2, 0.25) is 5.15 Å². The van der Waals surface area contributed by atoms with Crippen molar-refractivity contribution in [3.63, 3.8) is 0 Å². The van der Waals surface area contributed by atoms with Crippen molar-refractivity contribution in [3.05, 3.63) is 10.5 Å². The first-order valence-corrected chi connectivity index (χ1v) is 4.84. The van der Waals surface area contributed by atoms with Crippen LogP contribution < -0.4 is 5.32 Å². The van der Waals surface area contributed by atoms with Gasteiger partial charge in [0.2, 0.25) is 0 Å². The summed E-state index contributed by atoms with van der Waals surface area (Å²) in [4.78, 5) is 4.05. The number of nitrogens with one attached hydrogen (secondary N) is 1. The molecular weight excluding hydrogens is 196 g/mol. The molecule has 0 aliphatic heterocycles. The van der Waals surface area contributed by atoms with Gasteiger partial charge >= 0.3 is 0 Å². The van der Waals surface area contributed by atoms with E-state index < -0.39 is 0 Å². The molecule has 0 amide bonds. The molecule has 0 bridgehead atoms. The molecule has 1 N–H and O–H groups in total. The van der Waals surface area contributed by atoms with E-state index in [0.29, 0.717) is 11.8 Å². The lowest BCUT2D eigenvalue weighted by molar-refractivity contribution is 0.190. The predicted octanol–water partition coefficient (Wildman–Crippen LogP) is 2.24. The van der Waals surface area contributed by atoms with E-state index >= 15 is 0 Å². The highest BCUT2D eigenvalue weighted by Crippen LogP contribution is 2.19. The van der Waals surface area contributed by atoms with Gasteiger partial charge < -0.3 is 10.1 Å². The lowest BCUT2D eigenvalue weighted by atomic mass is 10.4. The maximum Gasteiger partial charge on any atom is 0.184 e. The average Bonchev–Trinajstić information content (AvgIpc) is 2.36. The molecule has 3 nitrogen and oxygen atoms in total. The van der Waals surface area contributed by atoms with Gasteiger partial charge in [0.1, 0.15) is 5.15 Å². The number of hydrogen-bond donors (Lipinski definition) is 1. The zero-order valence-corrected chi connectivity index (χ0v) is 8.58. The minimum atomic E-state index is 0.261. The Kier molecular flexibility index (Phi) is 3.78. The van der Waals surface area contributed by atoms with Gasteiger partial charge in [-0.2, -0.15) is 0 Å². The molecule has 0 saturated carbocycles. The molecule has 12 heavy (non-hydrogen) atoms. The summed E-state index contributed by atoms with van der Waals surface area (Å²) in [6.45, 7) is 2.69. The van der Waals surface area contributed by atoms with Crippen molar-refractivity contribution in [2.24, 2.45) is 0 Å². The van der Waals surface area contributed by atoms with Crippen LogP contribution in [0.3, 0.4) is 0 Å². The van der Waals surface area contributed by atoms with Crippen LogP contribution in [0.4, 0.5) is 5.13 Å². The molecule has 0 radical (unpaired) electrons. The van der Waals surface area contributed by atoms with Crippen LogP contribution in [0.25, 0.3) is 0 Å². The van der Waals surface area contributed by atoms with Gasteiger partial charge in [0.05, 0.1) is 6.61 Å². The Bertz CT molecular complexity index is 241. The summed E-state index contributed by atoms with van der Waals surface area (Å²) in [5, 5.41) is 6.33. The highest BCUT2D eigenvalue weighted by molar-refractivity contribution is 7.14. The van der Waals surface area contributed by atoms with E-state index in [-0.39, 0.29) is 6.04 Å². The number of hydrogen-bond acceptors (Lipinski definition) is 4. The van der Waals surface area contributed by atoms with E-state index in [4.69, 9.17) is 16.3 Å². The van der Waals surface area contributed by atoms with Gasteiger partial charge in [-0.15, -0.1) is 11.3 Å². The first kappa shape index (κ1) is 9.77. The lowest BCUT2D eigenvalue weighted by Crippen LogP contribution is -2.20. The number of methoxy groups -OCH3 is 1. The first-order chi connectivity index (χ1) is 5.72. The normalized spacial score (nSPS) is 12.9. The second-order valence-electron chi connectivity index (χ2n) is 2.48. The fourth-order valence-electron chi connectivity index (χ4n) is 0.823.